The van der Waals surface area contributed by atoms with Gasteiger partial charge in [0, 0.05) is 34.1 Å². The van der Waals surface area contributed by atoms with Gasteiger partial charge in [-0.2, -0.15) is 0 Å². The molecule has 0 spiro atoms. The summed E-state index contributed by atoms with van der Waals surface area (Å²) >= 11 is 6.05. The van der Waals surface area contributed by atoms with Gasteiger partial charge < -0.3 is 10.6 Å². The zero-order chi connectivity index (χ0) is 13.7. The number of halogens is 1. The number of anilines is 2. The van der Waals surface area contributed by atoms with Crippen molar-refractivity contribution in [2.45, 2.75) is 6.42 Å². The van der Waals surface area contributed by atoms with Gasteiger partial charge in [0.1, 0.15) is 0 Å². The van der Waals surface area contributed by atoms with Crippen molar-refractivity contribution in [2.24, 2.45) is 0 Å². The largest absolute Gasteiger partial charge is 0.358 e. The average Bonchev–Trinajstić information content (AvgIpc) is 2.97. The van der Waals surface area contributed by atoms with Gasteiger partial charge in [-0.1, -0.05) is 29.8 Å². The van der Waals surface area contributed by atoms with Gasteiger partial charge in [0.15, 0.2) is 0 Å². The molecule has 2 aromatic rings. The standard InChI is InChI=1S/C16H11ClN2O/c17-10-5-6-13-11(8-10)15(16(20)19-13)14-7-9-3-1-2-4-12(9)18-14/h1-6,8,18H,7H2,(H,19,20)/b15-14-. The van der Waals surface area contributed by atoms with E-state index in [0.29, 0.717) is 10.6 Å². The smallest absolute Gasteiger partial charge is 0.258 e. The van der Waals surface area contributed by atoms with Crippen molar-refractivity contribution < 1.29 is 4.79 Å². The Kier molecular flexibility index (Phi) is 2.38. The van der Waals surface area contributed by atoms with E-state index < -0.39 is 0 Å². The lowest BCUT2D eigenvalue weighted by Crippen LogP contribution is -2.08. The maximum atomic E-state index is 12.2. The minimum atomic E-state index is -0.0717. The molecule has 2 N–H and O–H groups in total. The quantitative estimate of drug-likeness (QED) is 0.724. The fraction of sp³-hybridized carbons (Fsp3) is 0.0625. The SMILES string of the molecule is O=C1Nc2ccc(Cl)cc2/C1=C1\Cc2ccccc2N1. The van der Waals surface area contributed by atoms with Gasteiger partial charge in [-0.25, -0.2) is 0 Å². The van der Waals surface area contributed by atoms with E-state index in [9.17, 15) is 4.79 Å². The van der Waals surface area contributed by atoms with Gasteiger partial charge in [0.2, 0.25) is 0 Å². The Labute approximate surface area is 121 Å². The first-order valence-electron chi connectivity index (χ1n) is 6.42. The lowest BCUT2D eigenvalue weighted by atomic mass is 10.0. The first-order chi connectivity index (χ1) is 9.72. The van der Waals surface area contributed by atoms with Crippen molar-refractivity contribution >= 4 is 34.5 Å². The van der Waals surface area contributed by atoms with Crippen LogP contribution in [0.2, 0.25) is 5.02 Å². The fourth-order valence-electron chi connectivity index (χ4n) is 2.78. The number of allylic oxidation sites excluding steroid dienone is 1. The third-order valence-corrected chi connectivity index (χ3v) is 3.93. The third-order valence-electron chi connectivity index (χ3n) is 3.70. The van der Waals surface area contributed by atoms with E-state index in [0.717, 1.165) is 29.1 Å². The second-order valence-corrected chi connectivity index (χ2v) is 5.39. The van der Waals surface area contributed by atoms with Crippen LogP contribution in [0.3, 0.4) is 0 Å². The van der Waals surface area contributed by atoms with E-state index in [1.165, 1.54) is 5.56 Å². The summed E-state index contributed by atoms with van der Waals surface area (Å²) in [4.78, 5) is 12.2. The lowest BCUT2D eigenvalue weighted by molar-refractivity contribution is -0.110. The number of hydrogen-bond donors (Lipinski definition) is 2. The monoisotopic (exact) mass is 282 g/mol. The number of para-hydroxylation sites is 1. The second-order valence-electron chi connectivity index (χ2n) is 4.96. The normalized spacial score (nSPS) is 19.4. The zero-order valence-electron chi connectivity index (χ0n) is 10.5. The summed E-state index contributed by atoms with van der Waals surface area (Å²) in [6.45, 7) is 0. The molecular formula is C16H11ClN2O. The van der Waals surface area contributed by atoms with Crippen LogP contribution in [0.15, 0.2) is 48.2 Å². The van der Waals surface area contributed by atoms with Crippen LogP contribution < -0.4 is 10.6 Å². The lowest BCUT2D eigenvalue weighted by Gasteiger charge is -2.05. The molecule has 0 aromatic heterocycles. The summed E-state index contributed by atoms with van der Waals surface area (Å²) in [6.07, 6.45) is 0.741. The van der Waals surface area contributed by atoms with Crippen LogP contribution in [-0.4, -0.2) is 5.91 Å². The van der Waals surface area contributed by atoms with Crippen molar-refractivity contribution in [1.82, 2.24) is 0 Å². The first kappa shape index (κ1) is 11.6. The van der Waals surface area contributed by atoms with Crippen LogP contribution >= 0.6 is 11.6 Å². The maximum Gasteiger partial charge on any atom is 0.258 e. The van der Waals surface area contributed by atoms with Crippen LogP contribution in [0.1, 0.15) is 11.1 Å². The summed E-state index contributed by atoms with van der Waals surface area (Å²) in [5, 5.41) is 6.86. The molecule has 1 amide bonds. The van der Waals surface area contributed by atoms with E-state index in [4.69, 9.17) is 11.6 Å². The molecule has 4 heteroatoms. The molecule has 3 nitrogen and oxygen atoms in total. The Morgan fingerprint density at radius 1 is 1.00 bits per heavy atom. The van der Waals surface area contributed by atoms with Crippen molar-refractivity contribution in [2.75, 3.05) is 10.6 Å². The van der Waals surface area contributed by atoms with Gasteiger partial charge in [0.05, 0.1) is 5.57 Å². The number of fused-ring (bicyclic) bond motifs is 2. The van der Waals surface area contributed by atoms with Crippen molar-refractivity contribution in [1.29, 1.82) is 0 Å². The zero-order valence-corrected chi connectivity index (χ0v) is 11.3. The molecule has 0 bridgehead atoms. The molecule has 0 saturated heterocycles. The van der Waals surface area contributed by atoms with Crippen molar-refractivity contribution in [3.63, 3.8) is 0 Å². The van der Waals surface area contributed by atoms with Crippen LogP contribution in [0.5, 0.6) is 0 Å². The van der Waals surface area contributed by atoms with E-state index in [2.05, 4.69) is 16.7 Å². The van der Waals surface area contributed by atoms with Crippen LogP contribution in [0.25, 0.3) is 5.57 Å². The van der Waals surface area contributed by atoms with E-state index >= 15 is 0 Å². The van der Waals surface area contributed by atoms with E-state index in [1.54, 1.807) is 6.07 Å². The molecule has 98 valence electrons. The number of carbonyl (C=O) groups excluding carboxylic acids is 1. The number of benzene rings is 2. The highest BCUT2D eigenvalue weighted by Gasteiger charge is 2.30. The van der Waals surface area contributed by atoms with Gasteiger partial charge in [-0.05, 0) is 29.8 Å². The molecule has 0 unspecified atom stereocenters. The summed E-state index contributed by atoms with van der Waals surface area (Å²) in [5.74, 6) is -0.0717. The molecule has 2 aliphatic heterocycles. The van der Waals surface area contributed by atoms with Crippen LogP contribution in [0.4, 0.5) is 11.4 Å². The number of nitrogens with one attached hydrogen (secondary N) is 2. The molecule has 0 atom stereocenters. The number of rotatable bonds is 0. The highest BCUT2D eigenvalue weighted by atomic mass is 35.5. The summed E-state index contributed by atoms with van der Waals surface area (Å²) < 4.78 is 0. The predicted octanol–water partition coefficient (Wildman–Crippen LogP) is 3.67. The first-order valence-corrected chi connectivity index (χ1v) is 6.79. The third kappa shape index (κ3) is 1.63. The van der Waals surface area contributed by atoms with E-state index in [-0.39, 0.29) is 5.91 Å². The van der Waals surface area contributed by atoms with Gasteiger partial charge in [-0.15, -0.1) is 0 Å². The molecule has 0 fully saturated rings. The molecule has 2 aromatic carbocycles. The molecule has 0 saturated carbocycles. The predicted molar refractivity (Wildman–Crippen MR) is 80.8 cm³/mol. The second kappa shape index (κ2) is 4.12. The highest BCUT2D eigenvalue weighted by molar-refractivity contribution is 6.35. The molecular weight excluding hydrogens is 272 g/mol. The minimum absolute atomic E-state index is 0.0717. The topological polar surface area (TPSA) is 41.1 Å². The Morgan fingerprint density at radius 2 is 1.85 bits per heavy atom. The average molecular weight is 283 g/mol. The summed E-state index contributed by atoms with van der Waals surface area (Å²) in [6, 6.07) is 13.5. The molecule has 0 aliphatic carbocycles. The summed E-state index contributed by atoms with van der Waals surface area (Å²) in [5.41, 5.74) is 5.59. The molecule has 20 heavy (non-hydrogen) atoms. The molecule has 0 radical (unpaired) electrons. The van der Waals surface area contributed by atoms with Gasteiger partial charge >= 0.3 is 0 Å². The maximum absolute atomic E-state index is 12.2. The Morgan fingerprint density at radius 3 is 2.70 bits per heavy atom. The molecule has 2 heterocycles. The number of amides is 1. The van der Waals surface area contributed by atoms with Crippen LogP contribution in [0, 0.1) is 0 Å². The molecule has 4 rings (SSSR count). The number of hydrogen-bond acceptors (Lipinski definition) is 2. The Balaban J connectivity index is 1.87. The van der Waals surface area contributed by atoms with Crippen molar-refractivity contribution in [3.05, 3.63) is 64.3 Å². The van der Waals surface area contributed by atoms with E-state index in [1.807, 2.05) is 30.3 Å². The number of carbonyl (C=O) groups is 1. The fourth-order valence-corrected chi connectivity index (χ4v) is 2.96. The highest BCUT2D eigenvalue weighted by Crippen LogP contribution is 2.39. The van der Waals surface area contributed by atoms with Crippen molar-refractivity contribution in [3.8, 4) is 0 Å². The van der Waals surface area contributed by atoms with Gasteiger partial charge in [-0.3, -0.25) is 4.79 Å². The Hall–Kier alpha value is -2.26. The summed E-state index contributed by atoms with van der Waals surface area (Å²) in [7, 11) is 0. The Bertz CT molecular complexity index is 753. The van der Waals surface area contributed by atoms with Crippen LogP contribution in [-0.2, 0) is 11.2 Å². The van der Waals surface area contributed by atoms with Gasteiger partial charge in [0.25, 0.3) is 5.91 Å². The molecule has 2 aliphatic rings. The minimum Gasteiger partial charge on any atom is -0.358 e.